The van der Waals surface area contributed by atoms with Crippen molar-refractivity contribution in [2.24, 2.45) is 0 Å². The molecular weight excluding hydrogens is 308 g/mol. The van der Waals surface area contributed by atoms with Crippen molar-refractivity contribution in [3.05, 3.63) is 59.2 Å². The zero-order valence-corrected chi connectivity index (χ0v) is 14.3. The molecule has 5 heteroatoms. The lowest BCUT2D eigenvalue weighted by Gasteiger charge is -2.13. The first kappa shape index (κ1) is 17.0. The molecule has 2 aromatic carbocycles. The van der Waals surface area contributed by atoms with E-state index >= 15 is 0 Å². The average Bonchev–Trinajstić information content (AvgIpc) is 2.53. The monoisotopic (exact) mass is 328 g/mol. The quantitative estimate of drug-likeness (QED) is 0.838. The number of thiocarbonyl (C=S) groups is 1. The highest BCUT2D eigenvalue weighted by Gasteiger charge is 2.09. The predicted octanol–water partition coefficient (Wildman–Crippen LogP) is 3.83. The second kappa shape index (κ2) is 7.74. The number of hydrogen-bond acceptors (Lipinski definition) is 3. The van der Waals surface area contributed by atoms with Crippen LogP contribution in [0.2, 0.25) is 0 Å². The summed E-state index contributed by atoms with van der Waals surface area (Å²) in [5.41, 5.74) is 3.68. The van der Waals surface area contributed by atoms with Crippen molar-refractivity contribution in [1.29, 1.82) is 0 Å². The second-order valence-corrected chi connectivity index (χ2v) is 5.52. The van der Waals surface area contributed by atoms with Crippen molar-refractivity contribution in [2.45, 2.75) is 20.8 Å². The molecule has 0 heterocycles. The van der Waals surface area contributed by atoms with Crippen LogP contribution >= 0.6 is 12.2 Å². The molecule has 0 aromatic heterocycles. The lowest BCUT2D eigenvalue weighted by molar-refractivity contribution is 0.0977. The number of benzene rings is 2. The molecule has 0 radical (unpaired) electrons. The maximum absolute atomic E-state index is 12.2. The Morgan fingerprint density at radius 1 is 1.13 bits per heavy atom. The van der Waals surface area contributed by atoms with Gasteiger partial charge in [-0.2, -0.15) is 0 Å². The SMILES string of the molecule is CCOc1ccc(C(=O)NC(=S)Nc2cccc(C)c2C)cc1. The van der Waals surface area contributed by atoms with Crippen LogP contribution in [-0.4, -0.2) is 17.6 Å². The van der Waals surface area contributed by atoms with E-state index in [0.29, 0.717) is 12.2 Å². The van der Waals surface area contributed by atoms with Crippen molar-refractivity contribution in [3.8, 4) is 5.75 Å². The van der Waals surface area contributed by atoms with E-state index in [0.717, 1.165) is 22.6 Å². The summed E-state index contributed by atoms with van der Waals surface area (Å²) in [6.07, 6.45) is 0. The van der Waals surface area contributed by atoms with E-state index in [2.05, 4.69) is 10.6 Å². The predicted molar refractivity (Wildman–Crippen MR) is 97.2 cm³/mol. The molecule has 23 heavy (non-hydrogen) atoms. The highest BCUT2D eigenvalue weighted by atomic mass is 32.1. The summed E-state index contributed by atoms with van der Waals surface area (Å²) in [5, 5.41) is 6.02. The van der Waals surface area contributed by atoms with Gasteiger partial charge in [-0.1, -0.05) is 12.1 Å². The Balaban J connectivity index is 1.99. The lowest BCUT2D eigenvalue weighted by Crippen LogP contribution is -2.34. The van der Waals surface area contributed by atoms with Gasteiger partial charge in [0.2, 0.25) is 0 Å². The Labute approximate surface area is 141 Å². The molecule has 0 fully saturated rings. The largest absolute Gasteiger partial charge is 0.494 e. The van der Waals surface area contributed by atoms with E-state index in [1.807, 2.05) is 39.0 Å². The molecule has 0 saturated carbocycles. The zero-order chi connectivity index (χ0) is 16.8. The number of rotatable bonds is 4. The van der Waals surface area contributed by atoms with Crippen LogP contribution in [-0.2, 0) is 0 Å². The van der Waals surface area contributed by atoms with Gasteiger partial charge in [-0.05, 0) is 74.4 Å². The van der Waals surface area contributed by atoms with Crippen LogP contribution in [0.15, 0.2) is 42.5 Å². The van der Waals surface area contributed by atoms with Crippen molar-refractivity contribution < 1.29 is 9.53 Å². The molecule has 2 rings (SSSR count). The normalized spacial score (nSPS) is 10.0. The summed E-state index contributed by atoms with van der Waals surface area (Å²) < 4.78 is 5.36. The van der Waals surface area contributed by atoms with Crippen LogP contribution in [0.3, 0.4) is 0 Å². The minimum atomic E-state index is -0.254. The first-order valence-electron chi connectivity index (χ1n) is 7.42. The van der Waals surface area contributed by atoms with Crippen LogP contribution in [0.4, 0.5) is 5.69 Å². The minimum absolute atomic E-state index is 0.254. The summed E-state index contributed by atoms with van der Waals surface area (Å²) in [7, 11) is 0. The van der Waals surface area contributed by atoms with Crippen LogP contribution < -0.4 is 15.4 Å². The fraction of sp³-hybridized carbons (Fsp3) is 0.222. The fourth-order valence-electron chi connectivity index (χ4n) is 2.08. The third-order valence-corrected chi connectivity index (χ3v) is 3.71. The molecule has 0 aliphatic carbocycles. The summed E-state index contributed by atoms with van der Waals surface area (Å²) in [6.45, 7) is 6.55. The smallest absolute Gasteiger partial charge is 0.257 e. The van der Waals surface area contributed by atoms with Crippen molar-refractivity contribution >= 4 is 28.9 Å². The summed E-state index contributed by atoms with van der Waals surface area (Å²) >= 11 is 5.21. The number of aryl methyl sites for hydroxylation is 1. The summed E-state index contributed by atoms with van der Waals surface area (Å²) in [4.78, 5) is 12.2. The number of anilines is 1. The number of hydrogen-bond donors (Lipinski definition) is 2. The van der Waals surface area contributed by atoms with Gasteiger partial charge in [-0.15, -0.1) is 0 Å². The fourth-order valence-corrected chi connectivity index (χ4v) is 2.29. The van der Waals surface area contributed by atoms with Gasteiger partial charge in [0, 0.05) is 11.3 Å². The minimum Gasteiger partial charge on any atom is -0.494 e. The molecule has 1 amide bonds. The topological polar surface area (TPSA) is 50.4 Å². The molecule has 0 aliphatic heterocycles. The van der Waals surface area contributed by atoms with Crippen molar-refractivity contribution in [1.82, 2.24) is 5.32 Å². The molecular formula is C18H20N2O2S. The highest BCUT2D eigenvalue weighted by Crippen LogP contribution is 2.18. The van der Waals surface area contributed by atoms with Gasteiger partial charge in [-0.25, -0.2) is 0 Å². The van der Waals surface area contributed by atoms with E-state index in [1.165, 1.54) is 0 Å². The van der Waals surface area contributed by atoms with Gasteiger partial charge in [0.05, 0.1) is 6.61 Å². The van der Waals surface area contributed by atoms with Crippen LogP contribution in [0.1, 0.15) is 28.4 Å². The van der Waals surface area contributed by atoms with Gasteiger partial charge in [0.1, 0.15) is 5.75 Å². The number of carbonyl (C=O) groups is 1. The maximum Gasteiger partial charge on any atom is 0.257 e. The molecule has 0 spiro atoms. The molecule has 0 unspecified atom stereocenters. The third kappa shape index (κ3) is 4.53. The molecule has 0 atom stereocenters. The zero-order valence-electron chi connectivity index (χ0n) is 13.5. The summed E-state index contributed by atoms with van der Waals surface area (Å²) in [5.74, 6) is 0.482. The van der Waals surface area contributed by atoms with Gasteiger partial charge < -0.3 is 10.1 Å². The molecule has 2 aromatic rings. The van der Waals surface area contributed by atoms with E-state index in [-0.39, 0.29) is 11.0 Å². The number of nitrogens with one attached hydrogen (secondary N) is 2. The molecule has 0 bridgehead atoms. The van der Waals surface area contributed by atoms with Gasteiger partial charge in [-0.3, -0.25) is 10.1 Å². The lowest BCUT2D eigenvalue weighted by atomic mass is 10.1. The molecule has 4 nitrogen and oxygen atoms in total. The van der Waals surface area contributed by atoms with E-state index in [1.54, 1.807) is 24.3 Å². The third-order valence-electron chi connectivity index (χ3n) is 3.51. The van der Waals surface area contributed by atoms with Gasteiger partial charge >= 0.3 is 0 Å². The Bertz CT molecular complexity index is 711. The molecule has 0 aliphatic rings. The Kier molecular flexibility index (Phi) is 5.71. The Hall–Kier alpha value is -2.40. The van der Waals surface area contributed by atoms with Gasteiger partial charge in [0.25, 0.3) is 5.91 Å². The highest BCUT2D eigenvalue weighted by molar-refractivity contribution is 7.80. The number of ether oxygens (including phenoxy) is 1. The van der Waals surface area contributed by atoms with Crippen LogP contribution in [0, 0.1) is 13.8 Å². The van der Waals surface area contributed by atoms with Crippen molar-refractivity contribution in [3.63, 3.8) is 0 Å². The molecule has 120 valence electrons. The van der Waals surface area contributed by atoms with Crippen LogP contribution in [0.25, 0.3) is 0 Å². The Morgan fingerprint density at radius 3 is 2.48 bits per heavy atom. The van der Waals surface area contributed by atoms with Crippen molar-refractivity contribution in [2.75, 3.05) is 11.9 Å². The second-order valence-electron chi connectivity index (χ2n) is 5.11. The average molecular weight is 328 g/mol. The first-order valence-corrected chi connectivity index (χ1v) is 7.83. The van der Waals surface area contributed by atoms with E-state index in [9.17, 15) is 4.79 Å². The van der Waals surface area contributed by atoms with Crippen LogP contribution in [0.5, 0.6) is 5.75 Å². The first-order chi connectivity index (χ1) is 11.0. The summed E-state index contributed by atoms with van der Waals surface area (Å²) in [6, 6.07) is 12.8. The van der Waals surface area contributed by atoms with E-state index < -0.39 is 0 Å². The molecule has 2 N–H and O–H groups in total. The number of carbonyl (C=O) groups excluding carboxylic acids is 1. The Morgan fingerprint density at radius 2 is 1.83 bits per heavy atom. The van der Waals surface area contributed by atoms with Gasteiger partial charge in [0.15, 0.2) is 5.11 Å². The maximum atomic E-state index is 12.2. The standard InChI is InChI=1S/C18H20N2O2S/c1-4-22-15-10-8-14(9-11-15)17(21)20-18(23)19-16-7-5-6-12(2)13(16)3/h5-11H,4H2,1-3H3,(H2,19,20,21,23). The number of amides is 1. The van der Waals surface area contributed by atoms with E-state index in [4.69, 9.17) is 17.0 Å². The molecule has 0 saturated heterocycles.